The van der Waals surface area contributed by atoms with Crippen LogP contribution in [0.5, 0.6) is 0 Å². The number of aliphatic carboxylic acids is 2. The summed E-state index contributed by atoms with van der Waals surface area (Å²) in [5.74, 6) is -9.76. The third-order valence-electron chi connectivity index (χ3n) is 22.1. The van der Waals surface area contributed by atoms with E-state index in [1.807, 2.05) is 44.4 Å². The molecule has 2 fully saturated rings. The number of benzene rings is 6. The number of likely N-dealkylation sites (N-methyl/N-ethyl adjacent to an activating group) is 3. The summed E-state index contributed by atoms with van der Waals surface area (Å²) in [6.45, 7) is 19.8. The number of ketones is 1. The average Bonchev–Trinajstić information content (AvgIpc) is 0.909. The van der Waals surface area contributed by atoms with E-state index in [4.69, 9.17) is 139 Å². The summed E-state index contributed by atoms with van der Waals surface area (Å²) in [7, 11) is -1.69. The van der Waals surface area contributed by atoms with E-state index in [0.29, 0.717) is 196 Å². The maximum atomic E-state index is 13.0. The number of ether oxygens (including phenoxy) is 9. The van der Waals surface area contributed by atoms with Crippen LogP contribution in [0.4, 0.5) is 30.7 Å². The van der Waals surface area contributed by atoms with Gasteiger partial charge in [0.1, 0.15) is 5.78 Å². The molecule has 0 aliphatic carbocycles. The fourth-order valence-electron chi connectivity index (χ4n) is 14.9. The van der Waals surface area contributed by atoms with Crippen molar-refractivity contribution in [2.45, 2.75) is 157 Å². The van der Waals surface area contributed by atoms with Gasteiger partial charge in [-0.05, 0) is 157 Å². The van der Waals surface area contributed by atoms with Crippen LogP contribution in [0.2, 0.25) is 30.1 Å². The summed E-state index contributed by atoms with van der Waals surface area (Å²) in [5, 5.41) is 25.0. The lowest BCUT2D eigenvalue weighted by molar-refractivity contribution is -0.201. The number of nitrogens with zero attached hydrogens (tertiary/aromatic N) is 5. The van der Waals surface area contributed by atoms with Crippen LogP contribution in [0.25, 0.3) is 0 Å². The summed E-state index contributed by atoms with van der Waals surface area (Å²) in [5.41, 5.74) is 16.3. The second-order valence-corrected chi connectivity index (χ2v) is 40.5. The van der Waals surface area contributed by atoms with Crippen LogP contribution in [0.15, 0.2) is 119 Å². The minimum absolute atomic E-state index is 0.00851. The number of amides is 5. The Morgan fingerprint density at radius 1 is 0.443 bits per heavy atom. The van der Waals surface area contributed by atoms with E-state index in [2.05, 4.69) is 79.3 Å². The topological polar surface area (TPSA) is 447 Å². The van der Waals surface area contributed by atoms with Gasteiger partial charge in [0, 0.05) is 178 Å². The molecule has 6 aromatic carbocycles. The number of fused-ring (bicyclic) bond motifs is 3. The molecule has 830 valence electrons. The highest BCUT2D eigenvalue weighted by atomic mass is 35.5. The molecule has 50 heteroatoms. The van der Waals surface area contributed by atoms with Crippen LogP contribution in [0.1, 0.15) is 166 Å². The Morgan fingerprint density at radius 3 is 1.09 bits per heavy atom. The van der Waals surface area contributed by atoms with E-state index in [9.17, 15) is 85.9 Å². The third kappa shape index (κ3) is 48.6. The van der Waals surface area contributed by atoms with Crippen LogP contribution < -0.4 is 16.4 Å². The van der Waals surface area contributed by atoms with Crippen molar-refractivity contribution in [3.63, 3.8) is 0 Å². The number of nitrogens with two attached hydrogens (primary N) is 1. The molecule has 0 radical (unpaired) electrons. The van der Waals surface area contributed by atoms with Crippen molar-refractivity contribution in [1.82, 2.24) is 35.5 Å². The average molecular weight is 2270 g/mol. The number of carbonyl (C=O) groups excluding carboxylic acids is 8. The number of imide groups is 2. The Labute approximate surface area is 893 Å². The summed E-state index contributed by atoms with van der Waals surface area (Å²) in [6, 6.07) is 34.4. The number of sulfone groups is 2. The standard InChI is InChI=1S/C31H43Cl2N3O5.C26H35Cl2NO5S.C25H34Cl2N2O5S.C12H12N2O8.2C2HF3O2.CH3F/c1-3-26(37)7-8-31(38)35-10-12-40-14-16-41-15-13-39-11-9-34-20-23-5-4-6-24(17-23)28-21-36(2)22-29-27(28)18-25(32)19-30(29)33;1-3-8-32-10-12-34-13-11-33-9-5-14-35(30,31)22-7-4-6-20(15-22)24-18-29(2)19-25-23(24)16-21(27)17-26(25)28;1-29-17-23(22-15-20(26)16-25(27)24(22)18-29)19-4-2-5-21(14-19)35(30,31)13-3-7-32-9-11-34-12-10-33-8-6-28;15-7-1-2-8(16)13(7)21-11(19)5-6-12(20)22-14-9(17)3-4-10(14)18;2*3-2(4,5)1(6)7;1-2/h4-6,17-19,28,34H,3,7-16,20-22H2,1-2H3,(H,35,38);4,6-7,15-17,24H,3,5,8-14,18-19H2,1-2H3;2,4-5,14-16,23H,3,6-13,17-18,28H2,1H3;1-6H2;2*(H,6,7);1H3/i;;;;;;1D. The first-order valence-electron chi connectivity index (χ1n) is 48.1. The van der Waals surface area contributed by atoms with Gasteiger partial charge in [-0.15, -0.1) is 10.1 Å². The fraction of sp³-hybridized carbons (Fsp3) is 0.535. The quantitative estimate of drug-likeness (QED) is 0.0134. The number of Topliss-reactive ketones (excluding diaryl/α,β-unsaturated/α-hetero) is 1. The van der Waals surface area contributed by atoms with Crippen molar-refractivity contribution in [2.75, 3.05) is 198 Å². The molecule has 5 heterocycles. The Balaban J connectivity index is 0.000000338. The zero-order chi connectivity index (χ0) is 111. The Bertz CT molecular complexity index is 5280. The zero-order valence-electron chi connectivity index (χ0n) is 84.2. The molecular weight excluding hydrogens is 2140 g/mol. The highest BCUT2D eigenvalue weighted by molar-refractivity contribution is 7.91. The van der Waals surface area contributed by atoms with Gasteiger partial charge in [-0.2, -0.15) is 26.3 Å². The normalized spacial score (nSPS) is 15.7. The number of carboxylic acid groups (broad SMARTS) is 2. The van der Waals surface area contributed by atoms with E-state index < -0.39 is 99.5 Å². The van der Waals surface area contributed by atoms with E-state index >= 15 is 0 Å². The molecule has 6 aromatic rings. The predicted molar refractivity (Wildman–Crippen MR) is 541 cm³/mol. The number of rotatable bonds is 52. The van der Waals surface area contributed by atoms with Crippen LogP contribution in [-0.4, -0.2) is 321 Å². The van der Waals surface area contributed by atoms with Gasteiger partial charge in [0.2, 0.25) is 5.91 Å². The largest absolute Gasteiger partial charge is 0.490 e. The molecule has 0 saturated carbocycles. The number of hydrogen-bond acceptors (Lipinski definition) is 30. The van der Waals surface area contributed by atoms with Gasteiger partial charge in [0.05, 0.1) is 142 Å². The third-order valence-corrected chi connectivity index (χ3v) is 27.3. The minimum Gasteiger partial charge on any atom is -0.475 e. The number of nitrogens with one attached hydrogen (secondary N) is 2. The predicted octanol–water partition coefficient (Wildman–Crippen LogP) is 14.4. The van der Waals surface area contributed by atoms with Crippen molar-refractivity contribution in [3.05, 3.63) is 195 Å². The van der Waals surface area contributed by atoms with Gasteiger partial charge in [-0.25, -0.2) is 36.0 Å². The first-order valence-corrected chi connectivity index (χ1v) is 53.0. The van der Waals surface area contributed by atoms with Gasteiger partial charge < -0.3 is 93.6 Å². The molecule has 5 amide bonds. The summed E-state index contributed by atoms with van der Waals surface area (Å²) >= 11 is 38.4. The van der Waals surface area contributed by atoms with Crippen LogP contribution in [-0.2, 0) is 146 Å². The Kier molecular flexibility index (Phi) is 59.7. The second kappa shape index (κ2) is 69.1. The van der Waals surface area contributed by atoms with E-state index in [-0.39, 0.29) is 73.1 Å². The van der Waals surface area contributed by atoms with Crippen molar-refractivity contribution in [2.24, 2.45) is 5.73 Å². The number of halogens is 13. The molecule has 11 rings (SSSR count). The molecular formula is C99H129Cl6F7N8O27S2. The van der Waals surface area contributed by atoms with Gasteiger partial charge in [0.25, 0.3) is 23.6 Å². The van der Waals surface area contributed by atoms with E-state index in [1.54, 1.807) is 55.5 Å². The summed E-state index contributed by atoms with van der Waals surface area (Å²) in [4.78, 5) is 125. The van der Waals surface area contributed by atoms with Gasteiger partial charge in [-0.1, -0.05) is 132 Å². The lowest BCUT2D eigenvalue weighted by Crippen LogP contribution is -2.33. The highest BCUT2D eigenvalue weighted by Gasteiger charge is 2.41. The second-order valence-electron chi connectivity index (χ2n) is 33.8. The molecule has 3 atom stereocenters. The molecule has 5 aliphatic rings. The van der Waals surface area contributed by atoms with Crippen LogP contribution >= 0.6 is 69.6 Å². The number of alkyl halides is 7. The molecule has 149 heavy (non-hydrogen) atoms. The van der Waals surface area contributed by atoms with E-state index in [1.165, 1.54) is 16.7 Å². The molecule has 5 aliphatic heterocycles. The molecule has 0 spiro atoms. The number of carbonyl (C=O) groups is 10. The first-order chi connectivity index (χ1) is 71.2. The van der Waals surface area contributed by atoms with Crippen LogP contribution in [0, 0.1) is 0 Å². The van der Waals surface area contributed by atoms with E-state index in [0.717, 1.165) is 109 Å². The molecule has 6 N–H and O–H groups in total. The number of hydroxylamine groups is 4. The smallest absolute Gasteiger partial charge is 0.475 e. The van der Waals surface area contributed by atoms with Gasteiger partial charge in [0.15, 0.2) is 19.7 Å². The molecule has 35 nitrogen and oxygen atoms in total. The van der Waals surface area contributed by atoms with Crippen molar-refractivity contribution in [1.29, 1.82) is 0 Å². The van der Waals surface area contributed by atoms with Crippen LogP contribution in [0.3, 0.4) is 0 Å². The lowest BCUT2D eigenvalue weighted by atomic mass is 9.84. The zero-order valence-corrected chi connectivity index (χ0v) is 89.3. The molecule has 0 bridgehead atoms. The highest BCUT2D eigenvalue weighted by Crippen LogP contribution is 2.43. The summed E-state index contributed by atoms with van der Waals surface area (Å²) < 4.78 is 180. The molecule has 0 aromatic heterocycles. The first kappa shape index (κ1) is 129. The maximum Gasteiger partial charge on any atom is 0.490 e. The Hall–Kier alpha value is -8.79. The van der Waals surface area contributed by atoms with Gasteiger partial charge in [-0.3, -0.25) is 33.2 Å². The maximum absolute atomic E-state index is 13.0. The SMILES string of the molecule is CCC(=O)CCC(=O)NCCOCCOCCOCCNCc1cccc(C2CN(C)Cc3c(Cl)cc(Cl)cc32)c1.CCCOCCOCCOCCCS(=O)(=O)c1cccc(C2CN(C)Cc3c(Cl)cc(Cl)cc32)c1.CN1Cc2c(Cl)cc(Cl)cc2C(c2cccc(S(=O)(=O)CCCOCCOCCOCCN)c2)C1.O=C(CCC(=O)ON1C(=O)CCC1=O)ON1C(=O)CCC1=O.O=C(O)C(F)(F)F.O=C(O)C(F)(F)F.[2H]CF. The minimum atomic E-state index is -5.08. The van der Waals surface area contributed by atoms with Crippen molar-refractivity contribution >= 4 is 148 Å². The van der Waals surface area contributed by atoms with Crippen molar-refractivity contribution < 1.29 is 159 Å². The molecule has 2 saturated heterocycles. The lowest BCUT2D eigenvalue weighted by Gasteiger charge is -2.33. The Morgan fingerprint density at radius 2 is 0.758 bits per heavy atom. The summed E-state index contributed by atoms with van der Waals surface area (Å²) in [6.07, 6.45) is -8.41. The monoisotopic (exact) mass is 2270 g/mol. The number of hydrogen-bond donors (Lipinski definition) is 5. The number of carboxylic acids is 2. The fourth-order valence-corrected chi connectivity index (χ4v) is 19.3. The molecule has 3 unspecified atom stereocenters. The van der Waals surface area contributed by atoms with Gasteiger partial charge >= 0.3 is 36.2 Å². The van der Waals surface area contributed by atoms with Crippen molar-refractivity contribution in [3.8, 4) is 0 Å².